The molecule has 6 nitrogen and oxygen atoms in total. The molecule has 7 heteroatoms. The van der Waals surface area contributed by atoms with E-state index in [-0.39, 0.29) is 11.8 Å². The summed E-state index contributed by atoms with van der Waals surface area (Å²) in [5.74, 6) is 0.803. The van der Waals surface area contributed by atoms with E-state index in [9.17, 15) is 9.18 Å². The van der Waals surface area contributed by atoms with Gasteiger partial charge < -0.3 is 14.3 Å². The Labute approximate surface area is 127 Å². The molecule has 2 aromatic rings. The molecule has 0 radical (unpaired) electrons. The quantitative estimate of drug-likeness (QED) is 0.926. The third-order valence-corrected chi connectivity index (χ3v) is 3.62. The van der Waals surface area contributed by atoms with E-state index < -0.39 is 0 Å². The molecule has 1 fully saturated rings. The highest BCUT2D eigenvalue weighted by Gasteiger charge is 2.23. The van der Waals surface area contributed by atoms with Gasteiger partial charge in [0.2, 0.25) is 0 Å². The van der Waals surface area contributed by atoms with Gasteiger partial charge in [0.1, 0.15) is 11.6 Å². The number of carbonyl (C=O) groups is 1. The molecule has 1 aromatic carbocycles. The second kappa shape index (κ2) is 6.05. The average molecular weight is 304 g/mol. The summed E-state index contributed by atoms with van der Waals surface area (Å²) >= 11 is 0. The Balaban J connectivity index is 1.57. The second-order valence-corrected chi connectivity index (χ2v) is 5.18. The van der Waals surface area contributed by atoms with Gasteiger partial charge in [0.05, 0.1) is 5.69 Å². The Morgan fingerprint density at radius 3 is 2.64 bits per heavy atom. The van der Waals surface area contributed by atoms with Crippen molar-refractivity contribution in [2.45, 2.75) is 6.92 Å². The van der Waals surface area contributed by atoms with Crippen LogP contribution in [0.25, 0.3) is 0 Å². The average Bonchev–Trinajstić information content (AvgIpc) is 2.93. The van der Waals surface area contributed by atoms with Gasteiger partial charge in [-0.2, -0.15) is 0 Å². The van der Waals surface area contributed by atoms with Crippen molar-refractivity contribution in [3.8, 4) is 0 Å². The van der Waals surface area contributed by atoms with Crippen LogP contribution < -0.4 is 10.2 Å². The first-order valence-corrected chi connectivity index (χ1v) is 7.12. The molecule has 2 heterocycles. The molecule has 1 aliphatic rings. The summed E-state index contributed by atoms with van der Waals surface area (Å²) in [5, 5.41) is 6.42. The maximum absolute atomic E-state index is 13.8. The molecular formula is C15H17FN4O2. The highest BCUT2D eigenvalue weighted by Crippen LogP contribution is 2.20. The predicted octanol–water partition coefficient (Wildman–Crippen LogP) is 2.48. The number of piperazine rings is 1. The number of aromatic nitrogens is 1. The number of halogens is 1. The number of carbonyl (C=O) groups excluding carboxylic acids is 1. The molecule has 0 unspecified atom stereocenters. The van der Waals surface area contributed by atoms with E-state index in [2.05, 4.69) is 10.5 Å². The van der Waals surface area contributed by atoms with E-state index in [0.29, 0.717) is 43.4 Å². The van der Waals surface area contributed by atoms with Crippen molar-refractivity contribution in [1.82, 2.24) is 10.1 Å². The van der Waals surface area contributed by atoms with Crippen molar-refractivity contribution in [2.24, 2.45) is 0 Å². The minimum absolute atomic E-state index is 0.221. The van der Waals surface area contributed by atoms with E-state index in [1.54, 1.807) is 30.0 Å². The zero-order valence-electron chi connectivity index (χ0n) is 12.3. The van der Waals surface area contributed by atoms with Gasteiger partial charge in [-0.05, 0) is 19.1 Å². The van der Waals surface area contributed by atoms with Crippen LogP contribution >= 0.6 is 0 Å². The van der Waals surface area contributed by atoms with Crippen LogP contribution in [0, 0.1) is 12.7 Å². The number of rotatable bonds is 2. The smallest absolute Gasteiger partial charge is 0.323 e. The van der Waals surface area contributed by atoms with Gasteiger partial charge in [-0.25, -0.2) is 9.18 Å². The summed E-state index contributed by atoms with van der Waals surface area (Å²) in [7, 11) is 0. The lowest BCUT2D eigenvalue weighted by Gasteiger charge is -2.35. The van der Waals surface area contributed by atoms with Gasteiger partial charge in [0.15, 0.2) is 5.82 Å². The van der Waals surface area contributed by atoms with Crippen molar-refractivity contribution >= 4 is 17.5 Å². The van der Waals surface area contributed by atoms with Crippen LogP contribution in [0.15, 0.2) is 34.9 Å². The lowest BCUT2D eigenvalue weighted by atomic mass is 10.2. The molecular weight excluding hydrogens is 287 g/mol. The number of hydrogen-bond acceptors (Lipinski definition) is 4. The Hall–Kier alpha value is -2.57. The summed E-state index contributed by atoms with van der Waals surface area (Å²) in [5.41, 5.74) is 0.578. The van der Waals surface area contributed by atoms with Gasteiger partial charge in [-0.1, -0.05) is 17.3 Å². The zero-order chi connectivity index (χ0) is 15.5. The molecule has 1 aromatic heterocycles. The first-order valence-electron chi connectivity index (χ1n) is 7.12. The fourth-order valence-corrected chi connectivity index (χ4v) is 2.47. The normalized spacial score (nSPS) is 15.0. The summed E-state index contributed by atoms with van der Waals surface area (Å²) in [6.45, 7) is 3.99. The topological polar surface area (TPSA) is 61.6 Å². The molecule has 0 bridgehead atoms. The lowest BCUT2D eigenvalue weighted by Crippen LogP contribution is -2.50. The van der Waals surface area contributed by atoms with Crippen LogP contribution in [0.4, 0.5) is 20.7 Å². The molecule has 2 amide bonds. The Morgan fingerprint density at radius 1 is 1.27 bits per heavy atom. The Kier molecular flexibility index (Phi) is 3.95. The number of anilines is 2. The Morgan fingerprint density at radius 2 is 2.00 bits per heavy atom. The SMILES string of the molecule is Cc1cc(NC(=O)N2CCN(c3ccccc3F)CC2)no1. The summed E-state index contributed by atoms with van der Waals surface area (Å²) in [4.78, 5) is 15.8. The number of amides is 2. The molecule has 0 saturated carbocycles. The van der Waals surface area contributed by atoms with Crippen molar-refractivity contribution < 1.29 is 13.7 Å². The fraction of sp³-hybridized carbons (Fsp3) is 0.333. The minimum atomic E-state index is -0.238. The molecule has 1 aliphatic heterocycles. The van der Waals surface area contributed by atoms with Crippen molar-refractivity contribution in [3.63, 3.8) is 0 Å². The second-order valence-electron chi connectivity index (χ2n) is 5.18. The van der Waals surface area contributed by atoms with Gasteiger partial charge in [0.25, 0.3) is 0 Å². The van der Waals surface area contributed by atoms with Gasteiger partial charge in [0, 0.05) is 32.2 Å². The summed E-state index contributed by atoms with van der Waals surface area (Å²) in [6.07, 6.45) is 0. The predicted molar refractivity (Wildman–Crippen MR) is 80.4 cm³/mol. The lowest BCUT2D eigenvalue weighted by molar-refractivity contribution is 0.208. The van der Waals surface area contributed by atoms with Crippen LogP contribution in [0.2, 0.25) is 0 Å². The van der Waals surface area contributed by atoms with E-state index in [0.717, 1.165) is 0 Å². The molecule has 1 N–H and O–H groups in total. The number of hydrogen-bond donors (Lipinski definition) is 1. The standard InChI is InChI=1S/C15H17FN4O2/c1-11-10-14(18-22-11)17-15(21)20-8-6-19(7-9-20)13-5-3-2-4-12(13)16/h2-5,10H,6-9H2,1H3,(H,17,18,21). The van der Waals surface area contributed by atoms with Gasteiger partial charge in [-0.15, -0.1) is 0 Å². The van der Waals surface area contributed by atoms with Crippen LogP contribution in [-0.2, 0) is 0 Å². The molecule has 0 spiro atoms. The maximum Gasteiger partial charge on any atom is 0.323 e. The van der Waals surface area contributed by atoms with Crippen LogP contribution in [0.5, 0.6) is 0 Å². The number of urea groups is 1. The number of aryl methyl sites for hydroxylation is 1. The number of nitrogens with one attached hydrogen (secondary N) is 1. The fourth-order valence-electron chi connectivity index (χ4n) is 2.47. The third kappa shape index (κ3) is 3.03. The van der Waals surface area contributed by atoms with Crippen LogP contribution in [0.1, 0.15) is 5.76 Å². The first-order chi connectivity index (χ1) is 10.6. The number of nitrogens with zero attached hydrogens (tertiary/aromatic N) is 3. The zero-order valence-corrected chi connectivity index (χ0v) is 12.3. The van der Waals surface area contributed by atoms with Crippen molar-refractivity contribution in [1.29, 1.82) is 0 Å². The van der Waals surface area contributed by atoms with Crippen LogP contribution in [0.3, 0.4) is 0 Å². The largest absolute Gasteiger partial charge is 0.366 e. The molecule has 22 heavy (non-hydrogen) atoms. The highest BCUT2D eigenvalue weighted by atomic mass is 19.1. The van der Waals surface area contributed by atoms with Gasteiger partial charge in [-0.3, -0.25) is 5.32 Å². The maximum atomic E-state index is 13.8. The summed E-state index contributed by atoms with van der Waals surface area (Å²) < 4.78 is 18.7. The van der Waals surface area contributed by atoms with E-state index in [1.807, 2.05) is 11.0 Å². The highest BCUT2D eigenvalue weighted by molar-refractivity contribution is 5.88. The first kappa shape index (κ1) is 14.4. The van der Waals surface area contributed by atoms with E-state index >= 15 is 0 Å². The molecule has 0 aliphatic carbocycles. The monoisotopic (exact) mass is 304 g/mol. The number of para-hydroxylation sites is 1. The van der Waals surface area contributed by atoms with Crippen molar-refractivity contribution in [3.05, 3.63) is 41.9 Å². The van der Waals surface area contributed by atoms with Gasteiger partial charge >= 0.3 is 6.03 Å². The molecule has 116 valence electrons. The van der Waals surface area contributed by atoms with E-state index in [4.69, 9.17) is 4.52 Å². The van der Waals surface area contributed by atoms with Crippen LogP contribution in [-0.4, -0.2) is 42.3 Å². The Bertz CT molecular complexity index is 665. The number of benzene rings is 1. The van der Waals surface area contributed by atoms with Crippen molar-refractivity contribution in [2.75, 3.05) is 36.4 Å². The molecule has 0 atom stereocenters. The third-order valence-electron chi connectivity index (χ3n) is 3.62. The summed E-state index contributed by atoms with van der Waals surface area (Å²) in [6, 6.07) is 8.12. The molecule has 1 saturated heterocycles. The molecule has 3 rings (SSSR count). The van der Waals surface area contributed by atoms with E-state index in [1.165, 1.54) is 6.07 Å². The minimum Gasteiger partial charge on any atom is -0.366 e.